The molecular formula is C22H22ClN3O4S. The average molecular weight is 460 g/mol. The van der Waals surface area contributed by atoms with Gasteiger partial charge in [0.05, 0.1) is 17.9 Å². The Hall–Kier alpha value is -2.84. The first-order valence-corrected chi connectivity index (χ1v) is 11.1. The molecule has 1 saturated heterocycles. The molecule has 31 heavy (non-hydrogen) atoms. The van der Waals surface area contributed by atoms with Crippen molar-refractivity contribution >= 4 is 57.7 Å². The number of amidine groups is 1. The SMILES string of the molecule is CCOC(=O)c1ccc(N=C2SC(CC(=O)Nc3ccc(Cl)cc3)C(=O)N2CC)cc1. The molecule has 2 aromatic rings. The molecule has 1 aliphatic heterocycles. The standard InChI is InChI=1S/C22H22ClN3O4S/c1-3-26-20(28)18(13-19(27)24-16-11-7-15(23)8-12-16)31-22(26)25-17-9-5-14(6-10-17)21(29)30-4-2/h5-12,18H,3-4,13H2,1-2H3,(H,24,27). The molecule has 0 aromatic heterocycles. The summed E-state index contributed by atoms with van der Waals surface area (Å²) in [5, 5.41) is 3.33. The molecule has 0 spiro atoms. The minimum atomic E-state index is -0.551. The predicted molar refractivity (Wildman–Crippen MR) is 123 cm³/mol. The predicted octanol–water partition coefficient (Wildman–Crippen LogP) is 4.50. The summed E-state index contributed by atoms with van der Waals surface area (Å²) < 4.78 is 4.97. The fourth-order valence-corrected chi connectivity index (χ4v) is 4.27. The van der Waals surface area contributed by atoms with Gasteiger partial charge in [-0.25, -0.2) is 9.79 Å². The number of carbonyl (C=O) groups is 3. The number of rotatable bonds is 7. The van der Waals surface area contributed by atoms with E-state index in [1.165, 1.54) is 11.8 Å². The fourth-order valence-electron chi connectivity index (χ4n) is 2.93. The van der Waals surface area contributed by atoms with Gasteiger partial charge in [0.15, 0.2) is 5.17 Å². The second-order valence-corrected chi connectivity index (χ2v) is 8.22. The Kier molecular flexibility index (Phi) is 7.70. The third kappa shape index (κ3) is 5.86. The van der Waals surface area contributed by atoms with Crippen molar-refractivity contribution in [2.75, 3.05) is 18.5 Å². The van der Waals surface area contributed by atoms with Gasteiger partial charge in [0.2, 0.25) is 11.8 Å². The van der Waals surface area contributed by atoms with Crippen LogP contribution in [-0.4, -0.2) is 46.3 Å². The number of halogens is 1. The van der Waals surface area contributed by atoms with E-state index in [1.807, 2.05) is 6.92 Å². The first-order valence-electron chi connectivity index (χ1n) is 9.80. The van der Waals surface area contributed by atoms with E-state index in [2.05, 4.69) is 10.3 Å². The lowest BCUT2D eigenvalue weighted by atomic mass is 10.2. The highest BCUT2D eigenvalue weighted by Gasteiger charge is 2.38. The summed E-state index contributed by atoms with van der Waals surface area (Å²) in [4.78, 5) is 43.0. The van der Waals surface area contributed by atoms with Crippen LogP contribution < -0.4 is 5.32 Å². The zero-order valence-electron chi connectivity index (χ0n) is 17.1. The minimum absolute atomic E-state index is 0.0312. The summed E-state index contributed by atoms with van der Waals surface area (Å²) in [7, 11) is 0. The summed E-state index contributed by atoms with van der Waals surface area (Å²) in [6.07, 6.45) is 0.0312. The van der Waals surface area contributed by atoms with Crippen molar-refractivity contribution in [3.8, 4) is 0 Å². The number of nitrogens with one attached hydrogen (secondary N) is 1. The van der Waals surface area contributed by atoms with E-state index in [9.17, 15) is 14.4 Å². The number of amides is 2. The number of hydrogen-bond acceptors (Lipinski definition) is 6. The third-order valence-electron chi connectivity index (χ3n) is 4.44. The van der Waals surface area contributed by atoms with Gasteiger partial charge in [-0.15, -0.1) is 0 Å². The number of anilines is 1. The van der Waals surface area contributed by atoms with Crippen LogP contribution >= 0.6 is 23.4 Å². The van der Waals surface area contributed by atoms with Gasteiger partial charge in [-0.05, 0) is 62.4 Å². The quantitative estimate of drug-likeness (QED) is 0.616. The highest BCUT2D eigenvalue weighted by molar-refractivity contribution is 8.15. The molecule has 162 valence electrons. The number of carbonyl (C=O) groups excluding carboxylic acids is 3. The molecule has 0 bridgehead atoms. The van der Waals surface area contributed by atoms with Gasteiger partial charge in [0.1, 0.15) is 5.25 Å². The zero-order chi connectivity index (χ0) is 22.4. The molecule has 1 atom stereocenters. The Balaban J connectivity index is 1.68. The summed E-state index contributed by atoms with van der Waals surface area (Å²) in [6.45, 7) is 4.35. The fraction of sp³-hybridized carbons (Fsp3) is 0.273. The maximum absolute atomic E-state index is 12.8. The summed E-state index contributed by atoms with van der Waals surface area (Å²) in [6, 6.07) is 13.4. The van der Waals surface area contributed by atoms with Crippen LogP contribution in [-0.2, 0) is 14.3 Å². The molecule has 1 fully saturated rings. The molecule has 0 aliphatic carbocycles. The molecule has 1 unspecified atom stereocenters. The number of benzene rings is 2. The van der Waals surface area contributed by atoms with Crippen molar-refractivity contribution < 1.29 is 19.1 Å². The first-order chi connectivity index (χ1) is 14.9. The van der Waals surface area contributed by atoms with E-state index < -0.39 is 11.2 Å². The third-order valence-corrected chi connectivity index (χ3v) is 5.87. The van der Waals surface area contributed by atoms with Crippen LogP contribution in [0.25, 0.3) is 0 Å². The van der Waals surface area contributed by atoms with E-state index in [0.29, 0.717) is 40.3 Å². The van der Waals surface area contributed by atoms with Crippen LogP contribution in [0.3, 0.4) is 0 Å². The van der Waals surface area contributed by atoms with Gasteiger partial charge >= 0.3 is 5.97 Å². The van der Waals surface area contributed by atoms with Crippen LogP contribution in [0.5, 0.6) is 0 Å². The highest BCUT2D eigenvalue weighted by atomic mass is 35.5. The lowest BCUT2D eigenvalue weighted by Crippen LogP contribution is -2.33. The molecule has 9 heteroatoms. The molecule has 1 N–H and O–H groups in total. The van der Waals surface area contributed by atoms with Gasteiger partial charge in [-0.2, -0.15) is 0 Å². The highest BCUT2D eigenvalue weighted by Crippen LogP contribution is 2.31. The van der Waals surface area contributed by atoms with Crippen molar-refractivity contribution in [3.05, 3.63) is 59.1 Å². The average Bonchev–Trinajstić information content (AvgIpc) is 3.04. The van der Waals surface area contributed by atoms with Crippen molar-refractivity contribution in [1.82, 2.24) is 4.90 Å². The molecule has 3 rings (SSSR count). The van der Waals surface area contributed by atoms with Gasteiger partial charge in [-0.3, -0.25) is 14.5 Å². The monoisotopic (exact) mass is 459 g/mol. The lowest BCUT2D eigenvalue weighted by molar-refractivity contribution is -0.128. The van der Waals surface area contributed by atoms with Gasteiger partial charge in [0.25, 0.3) is 0 Å². The van der Waals surface area contributed by atoms with E-state index in [4.69, 9.17) is 16.3 Å². The number of hydrogen-bond donors (Lipinski definition) is 1. The number of thioether (sulfide) groups is 1. The van der Waals surface area contributed by atoms with Crippen molar-refractivity contribution in [3.63, 3.8) is 0 Å². The smallest absolute Gasteiger partial charge is 0.338 e. The molecule has 7 nitrogen and oxygen atoms in total. The molecule has 2 amide bonds. The molecule has 1 aliphatic rings. The van der Waals surface area contributed by atoms with Gasteiger partial charge < -0.3 is 10.1 Å². The normalized spacial score (nSPS) is 17.1. The molecular weight excluding hydrogens is 438 g/mol. The number of nitrogens with zero attached hydrogens (tertiary/aromatic N) is 2. The Morgan fingerprint density at radius 2 is 1.81 bits per heavy atom. The second kappa shape index (κ2) is 10.5. The lowest BCUT2D eigenvalue weighted by Gasteiger charge is -2.13. The number of esters is 1. The Morgan fingerprint density at radius 3 is 2.42 bits per heavy atom. The van der Waals surface area contributed by atoms with E-state index >= 15 is 0 Å². The Labute approximate surface area is 189 Å². The molecule has 0 saturated carbocycles. The minimum Gasteiger partial charge on any atom is -0.462 e. The number of ether oxygens (including phenoxy) is 1. The Bertz CT molecular complexity index is 993. The largest absolute Gasteiger partial charge is 0.462 e. The van der Waals surface area contributed by atoms with Crippen LogP contribution in [0, 0.1) is 0 Å². The van der Waals surface area contributed by atoms with E-state index in [-0.39, 0.29) is 18.2 Å². The summed E-state index contributed by atoms with van der Waals surface area (Å²) in [5.74, 6) is -0.806. The molecule has 1 heterocycles. The maximum atomic E-state index is 12.8. The topological polar surface area (TPSA) is 88.1 Å². The second-order valence-electron chi connectivity index (χ2n) is 6.61. The molecule has 2 aromatic carbocycles. The van der Waals surface area contributed by atoms with Crippen molar-refractivity contribution in [1.29, 1.82) is 0 Å². The van der Waals surface area contributed by atoms with E-state index in [0.717, 1.165) is 0 Å². The summed E-state index contributed by atoms with van der Waals surface area (Å²) >= 11 is 7.11. The van der Waals surface area contributed by atoms with Crippen molar-refractivity contribution in [2.45, 2.75) is 25.5 Å². The van der Waals surface area contributed by atoms with Crippen LogP contribution in [0.1, 0.15) is 30.6 Å². The van der Waals surface area contributed by atoms with Gasteiger partial charge in [-0.1, -0.05) is 23.4 Å². The Morgan fingerprint density at radius 1 is 1.13 bits per heavy atom. The van der Waals surface area contributed by atoms with Crippen LogP contribution in [0.2, 0.25) is 5.02 Å². The first kappa shape index (κ1) is 22.8. The van der Waals surface area contributed by atoms with Crippen LogP contribution in [0.4, 0.5) is 11.4 Å². The summed E-state index contributed by atoms with van der Waals surface area (Å²) in [5.41, 5.74) is 1.66. The molecule has 0 radical (unpaired) electrons. The zero-order valence-corrected chi connectivity index (χ0v) is 18.7. The van der Waals surface area contributed by atoms with Crippen LogP contribution in [0.15, 0.2) is 53.5 Å². The van der Waals surface area contributed by atoms with Crippen molar-refractivity contribution in [2.24, 2.45) is 4.99 Å². The van der Waals surface area contributed by atoms with Gasteiger partial charge in [0, 0.05) is 23.7 Å². The maximum Gasteiger partial charge on any atom is 0.338 e. The number of aliphatic imine (C=N–C) groups is 1. The van der Waals surface area contributed by atoms with E-state index in [1.54, 1.807) is 60.4 Å².